The second kappa shape index (κ2) is 7.00. The molecule has 0 saturated heterocycles. The first kappa shape index (κ1) is 18.0. The molecule has 2 aliphatic rings. The number of amides is 1. The number of rotatable bonds is 5. The van der Waals surface area contributed by atoms with E-state index in [1.807, 2.05) is 0 Å². The Morgan fingerprint density at radius 3 is 2.44 bits per heavy atom. The van der Waals surface area contributed by atoms with Gasteiger partial charge in [0.05, 0.1) is 10.6 Å². The van der Waals surface area contributed by atoms with Crippen LogP contribution in [0.5, 0.6) is 0 Å². The summed E-state index contributed by atoms with van der Waals surface area (Å²) in [7, 11) is -3.69. The largest absolute Gasteiger partial charge is 0.349 e. The number of nitrogens with one attached hydrogen (secondary N) is 2. The van der Waals surface area contributed by atoms with Gasteiger partial charge in [-0.3, -0.25) is 9.52 Å². The minimum absolute atomic E-state index is 0.120. The molecule has 3 atom stereocenters. The summed E-state index contributed by atoms with van der Waals surface area (Å²) in [6.07, 6.45) is 4.77. The smallest absolute Gasteiger partial charge is 0.261 e. The highest BCUT2D eigenvalue weighted by Crippen LogP contribution is 2.44. The Kier molecular flexibility index (Phi) is 4.68. The molecule has 6 heteroatoms. The first-order chi connectivity index (χ1) is 12.9. The summed E-state index contributed by atoms with van der Waals surface area (Å²) in [5.74, 6) is 1.23. The highest BCUT2D eigenvalue weighted by atomic mass is 32.2. The highest BCUT2D eigenvalue weighted by molar-refractivity contribution is 7.92. The van der Waals surface area contributed by atoms with Crippen molar-refractivity contribution >= 4 is 21.6 Å². The summed E-state index contributed by atoms with van der Waals surface area (Å²) in [5.41, 5.74) is 1.59. The molecular formula is C21H24N2O3S. The highest BCUT2D eigenvalue weighted by Gasteiger charge is 2.40. The average Bonchev–Trinajstić information content (AvgIpc) is 3.27. The molecule has 0 aliphatic heterocycles. The van der Waals surface area contributed by atoms with Crippen molar-refractivity contribution in [3.05, 3.63) is 59.7 Å². The van der Waals surface area contributed by atoms with Crippen LogP contribution in [0, 0.1) is 18.8 Å². The van der Waals surface area contributed by atoms with Gasteiger partial charge in [-0.25, -0.2) is 8.42 Å². The van der Waals surface area contributed by atoms with Crippen molar-refractivity contribution in [1.29, 1.82) is 0 Å². The molecule has 4 rings (SSSR count). The molecule has 0 aromatic heterocycles. The van der Waals surface area contributed by atoms with E-state index in [1.165, 1.54) is 19.3 Å². The van der Waals surface area contributed by atoms with Gasteiger partial charge in [0.25, 0.3) is 15.9 Å². The molecule has 0 radical (unpaired) electrons. The fourth-order valence-electron chi connectivity index (χ4n) is 4.46. The van der Waals surface area contributed by atoms with E-state index in [2.05, 4.69) is 10.0 Å². The number of hydrogen-bond donors (Lipinski definition) is 2. The maximum absolute atomic E-state index is 12.8. The van der Waals surface area contributed by atoms with Crippen LogP contribution in [-0.4, -0.2) is 20.4 Å². The molecule has 5 nitrogen and oxygen atoms in total. The maximum atomic E-state index is 12.8. The van der Waals surface area contributed by atoms with Gasteiger partial charge in [0.2, 0.25) is 0 Å². The fraction of sp³-hybridized carbons (Fsp3) is 0.381. The van der Waals surface area contributed by atoms with E-state index in [1.54, 1.807) is 55.5 Å². The van der Waals surface area contributed by atoms with Gasteiger partial charge in [-0.1, -0.05) is 30.7 Å². The van der Waals surface area contributed by atoms with Crippen molar-refractivity contribution in [3.8, 4) is 0 Å². The van der Waals surface area contributed by atoms with E-state index in [0.717, 1.165) is 12.3 Å². The topological polar surface area (TPSA) is 75.3 Å². The Hall–Kier alpha value is -2.34. The third-order valence-corrected chi connectivity index (χ3v) is 7.31. The van der Waals surface area contributed by atoms with Crippen LogP contribution in [0.4, 0.5) is 5.69 Å². The third kappa shape index (κ3) is 3.58. The zero-order valence-electron chi connectivity index (χ0n) is 15.3. The second-order valence-electron chi connectivity index (χ2n) is 7.65. The van der Waals surface area contributed by atoms with Crippen molar-refractivity contribution in [2.24, 2.45) is 11.8 Å². The minimum Gasteiger partial charge on any atom is -0.349 e. The van der Waals surface area contributed by atoms with Gasteiger partial charge in [0, 0.05) is 11.6 Å². The molecule has 2 aliphatic carbocycles. The van der Waals surface area contributed by atoms with E-state index in [0.29, 0.717) is 22.7 Å². The molecule has 2 bridgehead atoms. The van der Waals surface area contributed by atoms with Gasteiger partial charge in [0.1, 0.15) is 0 Å². The van der Waals surface area contributed by atoms with Crippen LogP contribution in [0.1, 0.15) is 41.6 Å². The number of hydrogen-bond acceptors (Lipinski definition) is 3. The normalized spacial score (nSPS) is 24.0. The van der Waals surface area contributed by atoms with Gasteiger partial charge in [0.15, 0.2) is 0 Å². The molecule has 2 fully saturated rings. The van der Waals surface area contributed by atoms with Gasteiger partial charge in [-0.2, -0.15) is 0 Å². The molecule has 0 unspecified atom stereocenters. The van der Waals surface area contributed by atoms with Crippen molar-refractivity contribution in [2.75, 3.05) is 4.72 Å². The number of fused-ring (bicyclic) bond motifs is 2. The summed E-state index contributed by atoms with van der Waals surface area (Å²) < 4.78 is 27.8. The number of carbonyl (C=O) groups is 1. The first-order valence-electron chi connectivity index (χ1n) is 9.42. The third-order valence-electron chi connectivity index (χ3n) is 5.93. The predicted molar refractivity (Wildman–Crippen MR) is 105 cm³/mol. The lowest BCUT2D eigenvalue weighted by Crippen LogP contribution is -2.38. The van der Waals surface area contributed by atoms with E-state index in [-0.39, 0.29) is 16.8 Å². The summed E-state index contributed by atoms with van der Waals surface area (Å²) in [5, 5.41) is 3.17. The zero-order chi connectivity index (χ0) is 19.0. The number of anilines is 1. The number of carbonyl (C=O) groups excluding carboxylic acids is 1. The number of benzene rings is 2. The number of sulfonamides is 1. The van der Waals surface area contributed by atoms with Crippen molar-refractivity contribution < 1.29 is 13.2 Å². The zero-order valence-corrected chi connectivity index (χ0v) is 16.1. The lowest BCUT2D eigenvalue weighted by Gasteiger charge is -2.23. The molecule has 2 aromatic carbocycles. The Labute approximate surface area is 160 Å². The van der Waals surface area contributed by atoms with Crippen molar-refractivity contribution in [3.63, 3.8) is 0 Å². The van der Waals surface area contributed by atoms with Crippen LogP contribution in [0.2, 0.25) is 0 Å². The van der Waals surface area contributed by atoms with Crippen molar-refractivity contribution in [2.45, 2.75) is 43.5 Å². The van der Waals surface area contributed by atoms with E-state index < -0.39 is 10.0 Å². The Bertz CT molecular complexity index is 957. The molecule has 142 valence electrons. The Morgan fingerprint density at radius 2 is 1.78 bits per heavy atom. The van der Waals surface area contributed by atoms with E-state index in [4.69, 9.17) is 0 Å². The Morgan fingerprint density at radius 1 is 1.00 bits per heavy atom. The standard InChI is InChI=1S/C21H24N2O3S/c1-14-18(21(24)22-20-13-15-10-11-16(20)12-15)8-5-9-19(14)23-27(25,26)17-6-3-2-4-7-17/h2-9,15-16,20,23H,10-13H2,1H3,(H,22,24)/t15-,16-,20-/m0/s1. The van der Waals surface area contributed by atoms with Crippen LogP contribution < -0.4 is 10.0 Å². The van der Waals surface area contributed by atoms with Crippen LogP contribution in [0.15, 0.2) is 53.4 Å². The second-order valence-corrected chi connectivity index (χ2v) is 9.33. The molecule has 27 heavy (non-hydrogen) atoms. The van der Waals surface area contributed by atoms with Crippen LogP contribution in [0.25, 0.3) is 0 Å². The van der Waals surface area contributed by atoms with Crippen LogP contribution >= 0.6 is 0 Å². The minimum atomic E-state index is -3.69. The molecule has 2 saturated carbocycles. The predicted octanol–water partition coefficient (Wildman–Crippen LogP) is 3.71. The van der Waals surface area contributed by atoms with Gasteiger partial charge in [-0.05, 0) is 67.9 Å². The van der Waals surface area contributed by atoms with Gasteiger partial charge >= 0.3 is 0 Å². The van der Waals surface area contributed by atoms with E-state index >= 15 is 0 Å². The Balaban J connectivity index is 1.53. The summed E-state index contributed by atoms with van der Waals surface area (Å²) in [4.78, 5) is 13.0. The molecule has 0 spiro atoms. The quantitative estimate of drug-likeness (QED) is 0.825. The first-order valence-corrected chi connectivity index (χ1v) is 10.9. The van der Waals surface area contributed by atoms with Crippen molar-refractivity contribution in [1.82, 2.24) is 5.32 Å². The summed E-state index contributed by atoms with van der Waals surface area (Å²) in [6, 6.07) is 13.6. The molecule has 2 N–H and O–H groups in total. The lowest BCUT2D eigenvalue weighted by molar-refractivity contribution is 0.0922. The maximum Gasteiger partial charge on any atom is 0.261 e. The van der Waals surface area contributed by atoms with Crippen LogP contribution in [0.3, 0.4) is 0 Å². The molecule has 1 amide bonds. The molecule has 2 aromatic rings. The van der Waals surface area contributed by atoms with E-state index in [9.17, 15) is 13.2 Å². The molecular weight excluding hydrogens is 360 g/mol. The van der Waals surface area contributed by atoms with Gasteiger partial charge < -0.3 is 5.32 Å². The fourth-order valence-corrected chi connectivity index (χ4v) is 5.61. The molecule has 0 heterocycles. The summed E-state index contributed by atoms with van der Waals surface area (Å²) in [6.45, 7) is 1.78. The monoisotopic (exact) mass is 384 g/mol. The lowest BCUT2D eigenvalue weighted by atomic mass is 9.95. The van der Waals surface area contributed by atoms with Gasteiger partial charge in [-0.15, -0.1) is 0 Å². The average molecular weight is 385 g/mol. The summed E-state index contributed by atoms with van der Waals surface area (Å²) >= 11 is 0. The SMILES string of the molecule is Cc1c(NS(=O)(=O)c2ccccc2)cccc1C(=O)N[C@H]1C[C@H]2CC[C@H]1C2. The van der Waals surface area contributed by atoms with Crippen LogP contribution in [-0.2, 0) is 10.0 Å².